The van der Waals surface area contributed by atoms with Crippen LogP contribution in [0.4, 0.5) is 10.6 Å². The van der Waals surface area contributed by atoms with E-state index in [1.165, 1.54) is 4.90 Å². The maximum atomic E-state index is 11.6. The molecule has 0 aromatic carbocycles. The molecule has 7 heteroatoms. The summed E-state index contributed by atoms with van der Waals surface area (Å²) in [5.74, 6) is 0.810. The molecule has 1 N–H and O–H groups in total. The number of amides is 2. The van der Waals surface area contributed by atoms with Gasteiger partial charge in [0.1, 0.15) is 5.76 Å². The SMILES string of the molecule is Cc1cc(NC(=O)CCN2CCCOC2=O)no1. The van der Waals surface area contributed by atoms with Gasteiger partial charge in [-0.25, -0.2) is 4.79 Å². The van der Waals surface area contributed by atoms with Gasteiger partial charge in [0, 0.05) is 25.6 Å². The lowest BCUT2D eigenvalue weighted by Gasteiger charge is -2.25. The molecule has 0 saturated carbocycles. The minimum Gasteiger partial charge on any atom is -0.449 e. The number of aryl methyl sites for hydroxylation is 1. The van der Waals surface area contributed by atoms with Crippen LogP contribution in [0, 0.1) is 6.92 Å². The summed E-state index contributed by atoms with van der Waals surface area (Å²) in [7, 11) is 0. The Hall–Kier alpha value is -2.05. The Morgan fingerprint density at radius 3 is 3.11 bits per heavy atom. The van der Waals surface area contributed by atoms with Crippen LogP contribution in [0.2, 0.25) is 0 Å². The molecule has 1 aromatic rings. The lowest BCUT2D eigenvalue weighted by atomic mass is 10.3. The molecule has 2 amide bonds. The zero-order valence-corrected chi connectivity index (χ0v) is 10.1. The van der Waals surface area contributed by atoms with Crippen molar-refractivity contribution >= 4 is 17.8 Å². The van der Waals surface area contributed by atoms with Crippen molar-refractivity contribution in [3.8, 4) is 0 Å². The van der Waals surface area contributed by atoms with Gasteiger partial charge in [0.25, 0.3) is 0 Å². The number of nitrogens with one attached hydrogen (secondary N) is 1. The second-order valence-corrected chi connectivity index (χ2v) is 4.08. The lowest BCUT2D eigenvalue weighted by molar-refractivity contribution is -0.116. The first-order valence-corrected chi connectivity index (χ1v) is 5.80. The van der Waals surface area contributed by atoms with Crippen LogP contribution in [0.1, 0.15) is 18.6 Å². The monoisotopic (exact) mass is 253 g/mol. The molecule has 1 aromatic heterocycles. The van der Waals surface area contributed by atoms with Crippen LogP contribution in [0.3, 0.4) is 0 Å². The molecule has 18 heavy (non-hydrogen) atoms. The molecule has 0 spiro atoms. The van der Waals surface area contributed by atoms with Gasteiger partial charge >= 0.3 is 6.09 Å². The Labute approximate surface area is 104 Å². The van der Waals surface area contributed by atoms with Crippen LogP contribution in [-0.2, 0) is 9.53 Å². The molecule has 2 rings (SSSR count). The summed E-state index contributed by atoms with van der Waals surface area (Å²) in [6.45, 7) is 3.18. The van der Waals surface area contributed by atoms with Gasteiger partial charge in [-0.15, -0.1) is 0 Å². The van der Waals surface area contributed by atoms with E-state index in [4.69, 9.17) is 9.26 Å². The molecule has 0 radical (unpaired) electrons. The van der Waals surface area contributed by atoms with Gasteiger partial charge in [0.05, 0.1) is 6.61 Å². The predicted molar refractivity (Wildman–Crippen MR) is 62.0 cm³/mol. The summed E-state index contributed by atoms with van der Waals surface area (Å²) in [4.78, 5) is 24.4. The Balaban J connectivity index is 1.76. The average molecular weight is 253 g/mol. The zero-order valence-electron chi connectivity index (χ0n) is 10.1. The molecule has 2 heterocycles. The fourth-order valence-electron chi connectivity index (χ4n) is 1.67. The number of hydrogen-bond donors (Lipinski definition) is 1. The maximum absolute atomic E-state index is 11.6. The summed E-state index contributed by atoms with van der Waals surface area (Å²) in [6, 6.07) is 1.63. The van der Waals surface area contributed by atoms with Crippen LogP contribution in [-0.4, -0.2) is 41.8 Å². The van der Waals surface area contributed by atoms with Crippen molar-refractivity contribution in [2.75, 3.05) is 25.0 Å². The number of carbonyl (C=O) groups excluding carboxylic acids is 2. The Morgan fingerprint density at radius 1 is 1.61 bits per heavy atom. The smallest absolute Gasteiger partial charge is 0.409 e. The normalized spacial score (nSPS) is 15.4. The van der Waals surface area contributed by atoms with Crippen LogP contribution >= 0.6 is 0 Å². The number of aromatic nitrogens is 1. The molecule has 1 aliphatic rings. The minimum absolute atomic E-state index is 0.207. The van der Waals surface area contributed by atoms with Crippen molar-refractivity contribution in [3.05, 3.63) is 11.8 Å². The number of nitrogens with zero attached hydrogens (tertiary/aromatic N) is 2. The highest BCUT2D eigenvalue weighted by molar-refractivity contribution is 5.90. The Kier molecular flexibility index (Phi) is 3.81. The van der Waals surface area contributed by atoms with E-state index in [0.717, 1.165) is 6.42 Å². The summed E-state index contributed by atoms with van der Waals surface area (Å²) in [6.07, 6.45) is 0.656. The van der Waals surface area contributed by atoms with Crippen molar-refractivity contribution in [2.24, 2.45) is 0 Å². The minimum atomic E-state index is -0.355. The quantitative estimate of drug-likeness (QED) is 0.870. The number of anilines is 1. The third-order valence-corrected chi connectivity index (χ3v) is 2.56. The van der Waals surface area contributed by atoms with Gasteiger partial charge in [-0.1, -0.05) is 5.16 Å². The van der Waals surface area contributed by atoms with E-state index >= 15 is 0 Å². The molecule has 0 aliphatic carbocycles. The van der Waals surface area contributed by atoms with Crippen LogP contribution in [0.25, 0.3) is 0 Å². The first-order chi connectivity index (χ1) is 8.65. The number of hydrogen-bond acceptors (Lipinski definition) is 5. The molecule has 1 fully saturated rings. The summed E-state index contributed by atoms with van der Waals surface area (Å²) < 4.78 is 9.70. The molecule has 0 atom stereocenters. The first-order valence-electron chi connectivity index (χ1n) is 5.80. The van der Waals surface area contributed by atoms with Gasteiger partial charge in [-0.3, -0.25) is 4.79 Å². The van der Waals surface area contributed by atoms with Crippen molar-refractivity contribution in [3.63, 3.8) is 0 Å². The van der Waals surface area contributed by atoms with Crippen molar-refractivity contribution < 1.29 is 18.8 Å². The average Bonchev–Trinajstić information content (AvgIpc) is 2.74. The van der Waals surface area contributed by atoms with Gasteiger partial charge in [0.15, 0.2) is 5.82 Å². The third-order valence-electron chi connectivity index (χ3n) is 2.56. The molecular weight excluding hydrogens is 238 g/mol. The molecule has 0 bridgehead atoms. The van der Waals surface area contributed by atoms with E-state index in [-0.39, 0.29) is 18.4 Å². The van der Waals surface area contributed by atoms with Crippen LogP contribution < -0.4 is 5.32 Å². The highest BCUT2D eigenvalue weighted by Crippen LogP contribution is 2.09. The molecule has 7 nitrogen and oxygen atoms in total. The van der Waals surface area contributed by atoms with Crippen molar-refractivity contribution in [1.29, 1.82) is 0 Å². The van der Waals surface area contributed by atoms with E-state index < -0.39 is 0 Å². The number of cyclic esters (lactones) is 1. The number of ether oxygens (including phenoxy) is 1. The zero-order chi connectivity index (χ0) is 13.0. The Morgan fingerprint density at radius 2 is 2.44 bits per heavy atom. The lowest BCUT2D eigenvalue weighted by Crippen LogP contribution is -2.39. The van der Waals surface area contributed by atoms with Crippen LogP contribution in [0.5, 0.6) is 0 Å². The molecule has 98 valence electrons. The van der Waals surface area contributed by atoms with Gasteiger partial charge in [-0.05, 0) is 13.3 Å². The van der Waals surface area contributed by atoms with E-state index in [9.17, 15) is 9.59 Å². The van der Waals surface area contributed by atoms with Crippen molar-refractivity contribution in [2.45, 2.75) is 19.8 Å². The number of carbonyl (C=O) groups is 2. The number of rotatable bonds is 4. The highest BCUT2D eigenvalue weighted by atomic mass is 16.6. The molecule has 0 unspecified atom stereocenters. The predicted octanol–water partition coefficient (Wildman–Crippen LogP) is 1.15. The fraction of sp³-hybridized carbons (Fsp3) is 0.545. The third kappa shape index (κ3) is 3.22. The van der Waals surface area contributed by atoms with E-state index in [2.05, 4.69) is 10.5 Å². The van der Waals surface area contributed by atoms with Gasteiger partial charge in [0.2, 0.25) is 5.91 Å². The summed E-state index contributed by atoms with van der Waals surface area (Å²) in [5, 5.41) is 6.25. The van der Waals surface area contributed by atoms with Crippen molar-refractivity contribution in [1.82, 2.24) is 10.1 Å². The molecular formula is C11H15N3O4. The van der Waals surface area contributed by atoms with E-state index in [0.29, 0.717) is 31.3 Å². The molecule has 1 saturated heterocycles. The summed E-state index contributed by atoms with van der Waals surface area (Å²) >= 11 is 0. The topological polar surface area (TPSA) is 84.7 Å². The molecule has 1 aliphatic heterocycles. The van der Waals surface area contributed by atoms with Crippen LogP contribution in [0.15, 0.2) is 10.6 Å². The second kappa shape index (κ2) is 5.52. The fourth-order valence-corrected chi connectivity index (χ4v) is 1.67. The standard InChI is InChI=1S/C11H15N3O4/c1-8-7-9(13-18-8)12-10(15)3-5-14-4-2-6-17-11(14)16/h7H,2-6H2,1H3,(H,12,13,15). The highest BCUT2D eigenvalue weighted by Gasteiger charge is 2.20. The maximum Gasteiger partial charge on any atom is 0.409 e. The van der Waals surface area contributed by atoms with Gasteiger partial charge in [-0.2, -0.15) is 0 Å². The largest absolute Gasteiger partial charge is 0.449 e. The Bertz CT molecular complexity index is 443. The van der Waals surface area contributed by atoms with E-state index in [1.807, 2.05) is 0 Å². The van der Waals surface area contributed by atoms with Gasteiger partial charge < -0.3 is 19.5 Å². The second-order valence-electron chi connectivity index (χ2n) is 4.08. The first kappa shape index (κ1) is 12.4. The van der Waals surface area contributed by atoms with E-state index in [1.54, 1.807) is 13.0 Å². The summed E-state index contributed by atoms with van der Waals surface area (Å²) in [5.41, 5.74) is 0.